The lowest BCUT2D eigenvalue weighted by Crippen LogP contribution is -2.27. The molecule has 1 N–H and O–H groups in total. The van der Waals surface area contributed by atoms with Crippen molar-refractivity contribution in [3.8, 4) is 0 Å². The normalized spacial score (nSPS) is 12.4. The molecule has 19 heavy (non-hydrogen) atoms. The lowest BCUT2D eigenvalue weighted by Gasteiger charge is -2.08. The molecule has 0 fully saturated rings. The molecule has 108 valence electrons. The average molecular weight is 286 g/mol. The molecule has 0 bridgehead atoms. The third-order valence-electron chi connectivity index (χ3n) is 3.15. The van der Waals surface area contributed by atoms with Gasteiger partial charge in [-0.1, -0.05) is 13.8 Å². The molecule has 1 unspecified atom stereocenters. The van der Waals surface area contributed by atoms with Crippen LogP contribution in [0.5, 0.6) is 0 Å². The number of carbonyl (C=O) groups is 1. The van der Waals surface area contributed by atoms with Crippen LogP contribution in [0.15, 0.2) is 6.07 Å². The Morgan fingerprint density at radius 3 is 2.84 bits per heavy atom. The maximum absolute atomic E-state index is 12.1. The minimum absolute atomic E-state index is 0.0347. The number of halogens is 1. The molecule has 1 atom stereocenters. The highest BCUT2D eigenvalue weighted by molar-refractivity contribution is 6.18. The van der Waals surface area contributed by atoms with Crippen LogP contribution in [0.3, 0.4) is 0 Å². The maximum atomic E-state index is 12.1. The quantitative estimate of drug-likeness (QED) is 0.590. The van der Waals surface area contributed by atoms with E-state index in [9.17, 15) is 4.79 Å². The first-order valence-corrected chi connectivity index (χ1v) is 7.56. The summed E-state index contributed by atoms with van der Waals surface area (Å²) in [5.41, 5.74) is 1.62. The van der Waals surface area contributed by atoms with Gasteiger partial charge in [-0.15, -0.1) is 11.6 Å². The highest BCUT2D eigenvalue weighted by atomic mass is 35.5. The number of aryl methyl sites for hydroxylation is 2. The first kappa shape index (κ1) is 16.0. The molecule has 1 aromatic rings. The molecule has 4 nitrogen and oxygen atoms in total. The molecule has 0 aliphatic heterocycles. The number of carbonyl (C=O) groups excluding carboxylic acids is 1. The number of hydrogen-bond donors (Lipinski definition) is 1. The summed E-state index contributed by atoms with van der Waals surface area (Å²) in [6.07, 6.45) is 2.85. The molecular weight excluding hydrogens is 262 g/mol. The summed E-state index contributed by atoms with van der Waals surface area (Å²) in [6, 6.07) is 1.88. The lowest BCUT2D eigenvalue weighted by molar-refractivity contribution is 0.0942. The number of alkyl halides is 1. The second kappa shape index (κ2) is 8.20. The monoisotopic (exact) mass is 285 g/mol. The van der Waals surface area contributed by atoms with Crippen LogP contribution in [-0.2, 0) is 13.0 Å². The van der Waals surface area contributed by atoms with Crippen molar-refractivity contribution >= 4 is 17.5 Å². The summed E-state index contributed by atoms with van der Waals surface area (Å²) < 4.78 is 1.76. The fraction of sp³-hybridized carbons (Fsp3) is 0.714. The number of aromatic nitrogens is 2. The summed E-state index contributed by atoms with van der Waals surface area (Å²) in [6.45, 7) is 7.56. The Bertz CT molecular complexity index is 403. The molecule has 1 heterocycles. The van der Waals surface area contributed by atoms with Crippen molar-refractivity contribution < 1.29 is 4.79 Å². The van der Waals surface area contributed by atoms with Crippen LogP contribution in [0.2, 0.25) is 0 Å². The first-order chi connectivity index (χ1) is 9.12. The molecule has 0 radical (unpaired) electrons. The van der Waals surface area contributed by atoms with E-state index in [1.165, 1.54) is 0 Å². The molecule has 0 aliphatic rings. The molecule has 1 aromatic heterocycles. The van der Waals surface area contributed by atoms with E-state index in [4.69, 9.17) is 11.6 Å². The van der Waals surface area contributed by atoms with Gasteiger partial charge in [-0.3, -0.25) is 9.48 Å². The summed E-state index contributed by atoms with van der Waals surface area (Å²) >= 11 is 5.75. The zero-order valence-electron chi connectivity index (χ0n) is 12.1. The van der Waals surface area contributed by atoms with E-state index in [1.54, 1.807) is 4.68 Å². The number of rotatable bonds is 8. The van der Waals surface area contributed by atoms with Crippen molar-refractivity contribution in [2.75, 3.05) is 12.4 Å². The van der Waals surface area contributed by atoms with Crippen molar-refractivity contribution in [2.45, 2.75) is 46.6 Å². The topological polar surface area (TPSA) is 46.9 Å². The molecule has 0 aromatic carbocycles. The van der Waals surface area contributed by atoms with Gasteiger partial charge in [0.05, 0.1) is 5.69 Å². The van der Waals surface area contributed by atoms with Gasteiger partial charge in [0.1, 0.15) is 5.69 Å². The molecule has 0 saturated carbocycles. The summed E-state index contributed by atoms with van der Waals surface area (Å²) in [4.78, 5) is 12.1. The molecule has 1 amide bonds. The molecule has 0 saturated heterocycles. The molecular formula is C14H24ClN3O. The average Bonchev–Trinajstić information content (AvgIpc) is 2.86. The lowest BCUT2D eigenvalue weighted by atomic mass is 10.1. The SMILES string of the molecule is CCc1cc(C(=O)NCCCC(C)CCl)n(CC)n1. The summed E-state index contributed by atoms with van der Waals surface area (Å²) in [5.74, 6) is 1.15. The van der Waals surface area contributed by atoms with E-state index in [0.29, 0.717) is 30.6 Å². The van der Waals surface area contributed by atoms with E-state index in [2.05, 4.69) is 17.3 Å². The van der Waals surface area contributed by atoms with Gasteiger partial charge in [-0.25, -0.2) is 0 Å². The van der Waals surface area contributed by atoms with Gasteiger partial charge in [0.2, 0.25) is 0 Å². The largest absolute Gasteiger partial charge is 0.351 e. The van der Waals surface area contributed by atoms with Gasteiger partial charge >= 0.3 is 0 Å². The van der Waals surface area contributed by atoms with Crippen molar-refractivity contribution in [2.24, 2.45) is 5.92 Å². The van der Waals surface area contributed by atoms with Gasteiger partial charge < -0.3 is 5.32 Å². The third kappa shape index (κ3) is 4.86. The Hall–Kier alpha value is -1.03. The maximum Gasteiger partial charge on any atom is 0.269 e. The zero-order valence-corrected chi connectivity index (χ0v) is 12.8. The second-order valence-electron chi connectivity index (χ2n) is 4.85. The third-order valence-corrected chi connectivity index (χ3v) is 3.67. The van der Waals surface area contributed by atoms with Crippen molar-refractivity contribution in [1.82, 2.24) is 15.1 Å². The Kier molecular flexibility index (Phi) is 6.92. The van der Waals surface area contributed by atoms with E-state index in [0.717, 1.165) is 25.0 Å². The fourth-order valence-corrected chi connectivity index (χ4v) is 2.04. The van der Waals surface area contributed by atoms with Gasteiger partial charge in [0.25, 0.3) is 5.91 Å². The van der Waals surface area contributed by atoms with E-state index >= 15 is 0 Å². The Balaban J connectivity index is 2.47. The van der Waals surface area contributed by atoms with Crippen molar-refractivity contribution in [3.05, 3.63) is 17.5 Å². The zero-order chi connectivity index (χ0) is 14.3. The van der Waals surface area contributed by atoms with Gasteiger partial charge in [0, 0.05) is 19.0 Å². The highest BCUT2D eigenvalue weighted by Crippen LogP contribution is 2.08. The number of nitrogens with zero attached hydrogens (tertiary/aromatic N) is 2. The Morgan fingerprint density at radius 2 is 2.26 bits per heavy atom. The fourth-order valence-electron chi connectivity index (χ4n) is 1.89. The smallest absolute Gasteiger partial charge is 0.269 e. The summed E-state index contributed by atoms with van der Waals surface area (Å²) in [7, 11) is 0. The van der Waals surface area contributed by atoms with Crippen LogP contribution < -0.4 is 5.32 Å². The van der Waals surface area contributed by atoms with E-state index in [1.807, 2.05) is 19.9 Å². The standard InChI is InChI=1S/C14H24ClN3O/c1-4-12-9-13(18(5-2)17-12)14(19)16-8-6-7-11(3)10-15/h9,11H,4-8,10H2,1-3H3,(H,16,19). The van der Waals surface area contributed by atoms with Crippen LogP contribution >= 0.6 is 11.6 Å². The Labute approximate surface area is 120 Å². The predicted molar refractivity (Wildman–Crippen MR) is 78.7 cm³/mol. The van der Waals surface area contributed by atoms with E-state index in [-0.39, 0.29) is 5.91 Å². The van der Waals surface area contributed by atoms with Gasteiger partial charge in [0.15, 0.2) is 0 Å². The van der Waals surface area contributed by atoms with Gasteiger partial charge in [-0.2, -0.15) is 5.10 Å². The number of nitrogens with one attached hydrogen (secondary N) is 1. The molecule has 0 spiro atoms. The van der Waals surface area contributed by atoms with Crippen LogP contribution in [0.4, 0.5) is 0 Å². The number of hydrogen-bond acceptors (Lipinski definition) is 2. The first-order valence-electron chi connectivity index (χ1n) is 7.03. The molecule has 5 heteroatoms. The van der Waals surface area contributed by atoms with Gasteiger partial charge in [-0.05, 0) is 38.2 Å². The van der Waals surface area contributed by atoms with Crippen LogP contribution in [0.1, 0.15) is 49.8 Å². The second-order valence-corrected chi connectivity index (χ2v) is 5.16. The van der Waals surface area contributed by atoms with Crippen molar-refractivity contribution in [1.29, 1.82) is 0 Å². The highest BCUT2D eigenvalue weighted by Gasteiger charge is 2.13. The summed E-state index contributed by atoms with van der Waals surface area (Å²) in [5, 5.41) is 7.32. The van der Waals surface area contributed by atoms with Crippen LogP contribution in [0.25, 0.3) is 0 Å². The predicted octanol–water partition coefficient (Wildman–Crippen LogP) is 2.85. The molecule has 1 rings (SSSR count). The minimum atomic E-state index is -0.0347. The van der Waals surface area contributed by atoms with Crippen molar-refractivity contribution in [3.63, 3.8) is 0 Å². The van der Waals surface area contributed by atoms with E-state index < -0.39 is 0 Å². The van der Waals surface area contributed by atoms with Crippen LogP contribution in [0, 0.1) is 5.92 Å². The Morgan fingerprint density at radius 1 is 1.53 bits per heavy atom. The van der Waals surface area contributed by atoms with Crippen LogP contribution in [-0.4, -0.2) is 28.1 Å². The molecule has 0 aliphatic carbocycles. The number of amides is 1. The minimum Gasteiger partial charge on any atom is -0.351 e.